The van der Waals surface area contributed by atoms with Gasteiger partial charge >= 0.3 is 5.97 Å². The van der Waals surface area contributed by atoms with Crippen LogP contribution in [0.1, 0.15) is 38.3 Å². The van der Waals surface area contributed by atoms with Gasteiger partial charge < -0.3 is 10.5 Å². The standard InChI is InChI=1S/C27H25N5O2/c1-3-34-26(33)27(2)14-20(15-27)32-25(29)21(16-28)24(31-32)19-10-9-18-11-12-22(30-23(18)13-19)17-7-5-4-6-8-17/h4-13,20H,3,14-15,29H2,1-2H3/t20-,27+. The van der Waals surface area contributed by atoms with E-state index < -0.39 is 5.41 Å². The lowest BCUT2D eigenvalue weighted by Crippen LogP contribution is -2.44. The molecule has 0 aliphatic heterocycles. The van der Waals surface area contributed by atoms with Crippen molar-refractivity contribution in [2.45, 2.75) is 32.7 Å². The molecule has 2 heterocycles. The maximum atomic E-state index is 12.3. The molecule has 1 aliphatic carbocycles. The van der Waals surface area contributed by atoms with Crippen molar-refractivity contribution in [1.29, 1.82) is 5.26 Å². The Bertz CT molecular complexity index is 1430. The lowest BCUT2D eigenvalue weighted by atomic mass is 9.67. The van der Waals surface area contributed by atoms with Gasteiger partial charge in [-0.25, -0.2) is 9.67 Å². The highest BCUT2D eigenvalue weighted by Crippen LogP contribution is 2.50. The van der Waals surface area contributed by atoms with Gasteiger partial charge in [-0.05, 0) is 38.8 Å². The number of esters is 1. The fourth-order valence-electron chi connectivity index (χ4n) is 4.70. The van der Waals surface area contributed by atoms with E-state index in [1.165, 1.54) is 0 Å². The van der Waals surface area contributed by atoms with E-state index in [1.54, 1.807) is 11.6 Å². The van der Waals surface area contributed by atoms with E-state index in [0.717, 1.165) is 27.7 Å². The third-order valence-electron chi connectivity index (χ3n) is 6.58. The van der Waals surface area contributed by atoms with Gasteiger partial charge in [0.25, 0.3) is 0 Å². The van der Waals surface area contributed by atoms with Gasteiger partial charge in [-0.3, -0.25) is 4.79 Å². The quantitative estimate of drug-likeness (QED) is 0.422. The summed E-state index contributed by atoms with van der Waals surface area (Å²) in [5.74, 6) is 0.118. The normalized spacial score (nSPS) is 19.4. The Morgan fingerprint density at radius 1 is 1.18 bits per heavy atom. The summed E-state index contributed by atoms with van der Waals surface area (Å²) in [6, 6.07) is 22.0. The zero-order valence-corrected chi connectivity index (χ0v) is 19.2. The molecule has 4 aromatic rings. The second-order valence-electron chi connectivity index (χ2n) is 8.98. The number of rotatable bonds is 5. The Hall–Kier alpha value is -4.18. The number of pyridine rings is 1. The van der Waals surface area contributed by atoms with E-state index in [0.29, 0.717) is 36.5 Å². The van der Waals surface area contributed by atoms with E-state index >= 15 is 0 Å². The van der Waals surface area contributed by atoms with Gasteiger partial charge in [0.15, 0.2) is 0 Å². The van der Waals surface area contributed by atoms with Crippen molar-refractivity contribution in [3.05, 3.63) is 66.2 Å². The van der Waals surface area contributed by atoms with Crippen molar-refractivity contribution in [3.8, 4) is 28.6 Å². The highest BCUT2D eigenvalue weighted by molar-refractivity contribution is 5.87. The third kappa shape index (κ3) is 3.57. The molecule has 34 heavy (non-hydrogen) atoms. The Morgan fingerprint density at radius 2 is 1.91 bits per heavy atom. The van der Waals surface area contributed by atoms with Crippen LogP contribution in [0, 0.1) is 16.7 Å². The second-order valence-corrected chi connectivity index (χ2v) is 8.98. The van der Waals surface area contributed by atoms with Crippen LogP contribution in [-0.2, 0) is 9.53 Å². The Morgan fingerprint density at radius 3 is 2.62 bits per heavy atom. The van der Waals surface area contributed by atoms with Crippen LogP contribution in [0.2, 0.25) is 0 Å². The fourth-order valence-corrected chi connectivity index (χ4v) is 4.70. The van der Waals surface area contributed by atoms with Crippen LogP contribution in [0.3, 0.4) is 0 Å². The summed E-state index contributed by atoms with van der Waals surface area (Å²) in [7, 11) is 0. The molecule has 7 heteroatoms. The number of nitrogen functional groups attached to an aromatic ring is 1. The summed E-state index contributed by atoms with van der Waals surface area (Å²) < 4.78 is 6.89. The summed E-state index contributed by atoms with van der Waals surface area (Å²) >= 11 is 0. The summed E-state index contributed by atoms with van der Waals surface area (Å²) in [6.07, 6.45) is 1.14. The number of aromatic nitrogens is 3. The molecule has 7 nitrogen and oxygen atoms in total. The number of fused-ring (bicyclic) bond motifs is 1. The lowest BCUT2D eigenvalue weighted by molar-refractivity contribution is -0.162. The van der Waals surface area contributed by atoms with E-state index in [9.17, 15) is 10.1 Å². The van der Waals surface area contributed by atoms with Crippen molar-refractivity contribution in [1.82, 2.24) is 14.8 Å². The van der Waals surface area contributed by atoms with Gasteiger partial charge in [0.05, 0.1) is 29.3 Å². The zero-order chi connectivity index (χ0) is 23.9. The van der Waals surface area contributed by atoms with Crippen LogP contribution in [0.5, 0.6) is 0 Å². The topological polar surface area (TPSA) is 107 Å². The Labute approximate surface area is 197 Å². The van der Waals surface area contributed by atoms with Crippen molar-refractivity contribution in [2.24, 2.45) is 5.41 Å². The summed E-state index contributed by atoms with van der Waals surface area (Å²) in [5.41, 5.74) is 10.2. The maximum absolute atomic E-state index is 12.3. The van der Waals surface area contributed by atoms with E-state index in [-0.39, 0.29) is 12.0 Å². The highest BCUT2D eigenvalue weighted by atomic mass is 16.5. The first kappa shape index (κ1) is 21.7. The van der Waals surface area contributed by atoms with Gasteiger partial charge in [-0.15, -0.1) is 0 Å². The molecule has 0 amide bonds. The van der Waals surface area contributed by atoms with Crippen molar-refractivity contribution in [3.63, 3.8) is 0 Å². The molecule has 0 spiro atoms. The maximum Gasteiger partial charge on any atom is 0.311 e. The number of ether oxygens (including phenoxy) is 1. The first-order valence-electron chi connectivity index (χ1n) is 11.4. The van der Waals surface area contributed by atoms with Crippen LogP contribution >= 0.6 is 0 Å². The minimum atomic E-state index is -0.549. The van der Waals surface area contributed by atoms with E-state index in [4.69, 9.17) is 20.6 Å². The smallest absolute Gasteiger partial charge is 0.311 e. The van der Waals surface area contributed by atoms with Crippen molar-refractivity contribution < 1.29 is 9.53 Å². The van der Waals surface area contributed by atoms with E-state index in [2.05, 4.69) is 6.07 Å². The van der Waals surface area contributed by atoms with Crippen molar-refractivity contribution >= 4 is 22.7 Å². The Kier molecular flexibility index (Phi) is 5.29. The van der Waals surface area contributed by atoms with Gasteiger partial charge in [0.2, 0.25) is 0 Å². The van der Waals surface area contributed by atoms with Gasteiger partial charge in [-0.1, -0.05) is 48.5 Å². The van der Waals surface area contributed by atoms with Crippen LogP contribution in [-0.4, -0.2) is 27.3 Å². The third-order valence-corrected chi connectivity index (χ3v) is 6.58. The molecule has 0 atom stereocenters. The monoisotopic (exact) mass is 451 g/mol. The molecular weight excluding hydrogens is 426 g/mol. The molecule has 0 bridgehead atoms. The van der Waals surface area contributed by atoms with Crippen molar-refractivity contribution in [2.75, 3.05) is 12.3 Å². The molecule has 1 aliphatic rings. The van der Waals surface area contributed by atoms with Gasteiger partial charge in [0.1, 0.15) is 23.1 Å². The largest absolute Gasteiger partial charge is 0.466 e. The predicted molar refractivity (Wildman–Crippen MR) is 131 cm³/mol. The minimum Gasteiger partial charge on any atom is -0.466 e. The van der Waals surface area contributed by atoms with Crippen LogP contribution in [0.4, 0.5) is 5.82 Å². The minimum absolute atomic E-state index is 0.0569. The second kappa shape index (κ2) is 8.31. The first-order valence-corrected chi connectivity index (χ1v) is 11.4. The lowest BCUT2D eigenvalue weighted by Gasteiger charge is -2.42. The van der Waals surface area contributed by atoms with E-state index in [1.807, 2.05) is 67.6 Å². The molecule has 0 unspecified atom stereocenters. The zero-order valence-electron chi connectivity index (χ0n) is 19.2. The molecule has 1 saturated carbocycles. The number of hydrogen-bond donors (Lipinski definition) is 1. The Balaban J connectivity index is 1.50. The number of nitrogens with two attached hydrogens (primary N) is 1. The predicted octanol–water partition coefficient (Wildman–Crippen LogP) is 5.12. The molecule has 1 fully saturated rings. The number of benzene rings is 2. The molecule has 5 rings (SSSR count). The number of anilines is 1. The van der Waals surface area contributed by atoms with Crippen LogP contribution in [0.15, 0.2) is 60.7 Å². The molecular formula is C27H25N5O2. The summed E-state index contributed by atoms with van der Waals surface area (Å²) in [5, 5.41) is 15.6. The van der Waals surface area contributed by atoms with Gasteiger partial charge in [-0.2, -0.15) is 10.4 Å². The van der Waals surface area contributed by atoms with Crippen LogP contribution in [0.25, 0.3) is 33.4 Å². The first-order chi connectivity index (χ1) is 16.4. The number of carbonyl (C=O) groups excluding carboxylic acids is 1. The molecule has 2 N–H and O–H groups in total. The summed E-state index contributed by atoms with van der Waals surface area (Å²) in [6.45, 7) is 4.05. The molecule has 0 radical (unpaired) electrons. The number of nitriles is 1. The highest BCUT2D eigenvalue weighted by Gasteiger charge is 2.49. The summed E-state index contributed by atoms with van der Waals surface area (Å²) in [4.78, 5) is 17.1. The number of carbonyl (C=O) groups is 1. The molecule has 2 aromatic carbocycles. The number of nitrogens with zero attached hydrogens (tertiary/aromatic N) is 4. The average molecular weight is 452 g/mol. The van der Waals surface area contributed by atoms with Crippen LogP contribution < -0.4 is 5.73 Å². The molecule has 0 saturated heterocycles. The number of hydrogen-bond acceptors (Lipinski definition) is 6. The fraction of sp³-hybridized carbons (Fsp3) is 0.259. The SMILES string of the molecule is CCOC(=O)[C@]1(C)C[C@H](n2nc(-c3ccc4ccc(-c5ccccc5)nc4c3)c(C#N)c2N)C1. The average Bonchev–Trinajstić information content (AvgIpc) is 3.17. The van der Waals surface area contributed by atoms with Gasteiger partial charge in [0, 0.05) is 16.5 Å². The molecule has 170 valence electrons. The molecule has 2 aromatic heterocycles.